The number of sulfonamides is 1. The van der Waals surface area contributed by atoms with E-state index in [1.807, 2.05) is 25.1 Å². The monoisotopic (exact) mass is 567 g/mol. The van der Waals surface area contributed by atoms with E-state index in [0.29, 0.717) is 34.5 Å². The number of anilines is 3. The van der Waals surface area contributed by atoms with Gasteiger partial charge in [-0.05, 0) is 62.3 Å². The molecular formula is C27H33N7O5S. The normalized spacial score (nSPS) is 20.9. The molecule has 212 valence electrons. The number of ether oxygens (including phenoxy) is 1. The summed E-state index contributed by atoms with van der Waals surface area (Å²) in [6.07, 6.45) is 4.78. The molecule has 2 N–H and O–H groups in total. The molecule has 0 unspecified atom stereocenters. The lowest BCUT2D eigenvalue weighted by Gasteiger charge is -2.54. The van der Waals surface area contributed by atoms with Crippen LogP contribution in [0.3, 0.4) is 0 Å². The number of aliphatic hydroxyl groups is 1. The molecular weight excluding hydrogens is 534 g/mol. The molecule has 3 aromatic rings. The summed E-state index contributed by atoms with van der Waals surface area (Å²) in [5.41, 5.74) is 4.11. The van der Waals surface area contributed by atoms with Crippen LogP contribution in [0.2, 0.25) is 0 Å². The summed E-state index contributed by atoms with van der Waals surface area (Å²) < 4.78 is 38.8. The zero-order valence-electron chi connectivity index (χ0n) is 22.5. The Morgan fingerprint density at radius 3 is 2.40 bits per heavy atom. The molecule has 2 aromatic heterocycles. The van der Waals surface area contributed by atoms with Gasteiger partial charge in [-0.15, -0.1) is 10.2 Å². The minimum Gasteiger partial charge on any atom is -0.415 e. The molecule has 0 radical (unpaired) electrons. The van der Waals surface area contributed by atoms with Crippen molar-refractivity contribution in [1.82, 2.24) is 20.2 Å². The fourth-order valence-electron chi connectivity index (χ4n) is 6.00. The lowest BCUT2D eigenvalue weighted by Crippen LogP contribution is -2.66. The second kappa shape index (κ2) is 9.38. The minimum atomic E-state index is -3.66. The number of aromatic nitrogens is 4. The van der Waals surface area contributed by atoms with Gasteiger partial charge in [0, 0.05) is 31.9 Å². The zero-order chi connectivity index (χ0) is 27.5. The first-order valence-corrected chi connectivity index (χ1v) is 15.4. The number of aryl methyl sites for hydroxylation is 1. The molecule has 7 rings (SSSR count). The standard InChI is InChI=1S/C27H33N7O5S/c1-18-12-21(29-25(28-18)34-14-27(15-34)16-38-17-27)24-31-30-23(39-24)20-3-2-19(32-40(36,37)11-10-35)13-22(20)33-8-6-26(4-5-26)7-9-33/h2-3,12-13,32,35H,4-11,14-17H2,1H3. The Balaban J connectivity index is 1.18. The highest BCUT2D eigenvalue weighted by molar-refractivity contribution is 7.92. The van der Waals surface area contributed by atoms with Gasteiger partial charge in [0.2, 0.25) is 21.9 Å². The fraction of sp³-hybridized carbons (Fsp3) is 0.556. The van der Waals surface area contributed by atoms with Crippen molar-refractivity contribution < 1.29 is 22.7 Å². The lowest BCUT2D eigenvalue weighted by atomic mass is 9.78. The quantitative estimate of drug-likeness (QED) is 0.414. The van der Waals surface area contributed by atoms with Gasteiger partial charge < -0.3 is 24.1 Å². The molecule has 1 aromatic carbocycles. The second-order valence-corrected chi connectivity index (χ2v) is 13.7. The van der Waals surface area contributed by atoms with Gasteiger partial charge in [0.25, 0.3) is 5.89 Å². The highest BCUT2D eigenvalue weighted by Gasteiger charge is 2.50. The topological polar surface area (TPSA) is 147 Å². The number of benzene rings is 1. The third-order valence-electron chi connectivity index (χ3n) is 8.62. The minimum absolute atomic E-state index is 0.243. The molecule has 1 aliphatic carbocycles. The smallest absolute Gasteiger partial charge is 0.266 e. The predicted molar refractivity (Wildman–Crippen MR) is 149 cm³/mol. The first-order chi connectivity index (χ1) is 19.2. The van der Waals surface area contributed by atoms with Crippen LogP contribution in [-0.2, 0) is 14.8 Å². The van der Waals surface area contributed by atoms with Crippen molar-refractivity contribution in [3.63, 3.8) is 0 Å². The number of rotatable bonds is 8. The molecule has 5 heterocycles. The van der Waals surface area contributed by atoms with E-state index in [-0.39, 0.29) is 11.2 Å². The van der Waals surface area contributed by atoms with Gasteiger partial charge in [0.05, 0.1) is 47.9 Å². The molecule has 3 aliphatic heterocycles. The van der Waals surface area contributed by atoms with Crippen molar-refractivity contribution in [3.05, 3.63) is 30.0 Å². The van der Waals surface area contributed by atoms with Gasteiger partial charge in [0.1, 0.15) is 5.69 Å². The molecule has 0 bridgehead atoms. The summed E-state index contributed by atoms with van der Waals surface area (Å²) in [5, 5.41) is 17.8. The lowest BCUT2D eigenvalue weighted by molar-refractivity contribution is -0.127. The third-order valence-corrected chi connectivity index (χ3v) is 9.89. The van der Waals surface area contributed by atoms with Crippen LogP contribution in [0.25, 0.3) is 23.0 Å². The van der Waals surface area contributed by atoms with Crippen molar-refractivity contribution in [1.29, 1.82) is 0 Å². The Morgan fingerprint density at radius 2 is 1.73 bits per heavy atom. The summed E-state index contributed by atoms with van der Waals surface area (Å²) in [7, 11) is -3.66. The zero-order valence-corrected chi connectivity index (χ0v) is 23.3. The van der Waals surface area contributed by atoms with Crippen LogP contribution < -0.4 is 14.5 Å². The molecule has 1 saturated carbocycles. The van der Waals surface area contributed by atoms with Gasteiger partial charge in [-0.3, -0.25) is 4.72 Å². The molecule has 40 heavy (non-hydrogen) atoms. The highest BCUT2D eigenvalue weighted by atomic mass is 32.2. The molecule has 0 atom stereocenters. The highest BCUT2D eigenvalue weighted by Crippen LogP contribution is 2.54. The number of nitrogens with zero attached hydrogens (tertiary/aromatic N) is 6. The van der Waals surface area contributed by atoms with Crippen LogP contribution in [0.15, 0.2) is 28.7 Å². The van der Waals surface area contributed by atoms with Crippen molar-refractivity contribution in [2.45, 2.75) is 32.6 Å². The molecule has 12 nitrogen and oxygen atoms in total. The largest absolute Gasteiger partial charge is 0.415 e. The van der Waals surface area contributed by atoms with Crippen LogP contribution >= 0.6 is 0 Å². The maximum Gasteiger partial charge on any atom is 0.266 e. The van der Waals surface area contributed by atoms with Crippen LogP contribution in [0.1, 0.15) is 31.4 Å². The Morgan fingerprint density at radius 1 is 0.975 bits per heavy atom. The van der Waals surface area contributed by atoms with Crippen molar-refractivity contribution >= 4 is 27.3 Å². The van der Waals surface area contributed by atoms with E-state index in [9.17, 15) is 8.42 Å². The number of aliphatic hydroxyl groups excluding tert-OH is 1. The summed E-state index contributed by atoms with van der Waals surface area (Å²) in [5.74, 6) is 0.928. The van der Waals surface area contributed by atoms with Crippen LogP contribution in [0.5, 0.6) is 0 Å². The summed E-state index contributed by atoms with van der Waals surface area (Å²) in [6, 6.07) is 7.14. The molecule has 4 fully saturated rings. The van der Waals surface area contributed by atoms with Crippen molar-refractivity contribution in [2.24, 2.45) is 10.8 Å². The molecule has 0 amide bonds. The second-order valence-electron chi connectivity index (χ2n) is 11.8. The maximum atomic E-state index is 12.3. The molecule has 13 heteroatoms. The summed E-state index contributed by atoms with van der Waals surface area (Å²) in [4.78, 5) is 13.8. The Hall–Kier alpha value is -3.29. The van der Waals surface area contributed by atoms with E-state index in [2.05, 4.69) is 29.7 Å². The van der Waals surface area contributed by atoms with Crippen molar-refractivity contribution in [3.8, 4) is 23.0 Å². The SMILES string of the molecule is Cc1cc(-c2nnc(-c3ccc(NS(=O)(=O)CCO)cc3N3CCC4(CC3)CC4)o2)nc(N2CC3(COC3)C2)n1. The Labute approximate surface area is 232 Å². The van der Waals surface area contributed by atoms with Gasteiger partial charge in [-0.1, -0.05) is 0 Å². The van der Waals surface area contributed by atoms with E-state index in [4.69, 9.17) is 19.2 Å². The van der Waals surface area contributed by atoms with Crippen LogP contribution in [0.4, 0.5) is 17.3 Å². The predicted octanol–water partition coefficient (Wildman–Crippen LogP) is 2.45. The average molecular weight is 568 g/mol. The summed E-state index contributed by atoms with van der Waals surface area (Å²) >= 11 is 0. The first kappa shape index (κ1) is 25.7. The van der Waals surface area contributed by atoms with E-state index in [0.717, 1.165) is 69.2 Å². The average Bonchev–Trinajstić information content (AvgIpc) is 3.42. The van der Waals surface area contributed by atoms with E-state index < -0.39 is 16.6 Å². The molecule has 3 saturated heterocycles. The van der Waals surface area contributed by atoms with Gasteiger partial charge in [-0.25, -0.2) is 18.4 Å². The number of nitrogens with one attached hydrogen (secondary N) is 1. The van der Waals surface area contributed by atoms with Crippen LogP contribution in [-0.4, -0.2) is 85.4 Å². The first-order valence-electron chi connectivity index (χ1n) is 13.8. The Bertz CT molecular complexity index is 1530. The van der Waals surface area contributed by atoms with Gasteiger partial charge in [0.15, 0.2) is 0 Å². The number of piperidine rings is 1. The fourth-order valence-corrected chi connectivity index (χ4v) is 6.83. The molecule has 2 spiro atoms. The maximum absolute atomic E-state index is 12.3. The van der Waals surface area contributed by atoms with Crippen LogP contribution in [0, 0.1) is 17.8 Å². The van der Waals surface area contributed by atoms with Gasteiger partial charge >= 0.3 is 0 Å². The van der Waals surface area contributed by atoms with E-state index >= 15 is 0 Å². The third kappa shape index (κ3) is 4.79. The Kier molecular flexibility index (Phi) is 6.02. The number of hydrogen-bond acceptors (Lipinski definition) is 11. The molecule has 4 aliphatic rings. The summed E-state index contributed by atoms with van der Waals surface area (Å²) in [6.45, 7) is 6.55. The van der Waals surface area contributed by atoms with Gasteiger partial charge in [-0.2, -0.15) is 0 Å². The van der Waals surface area contributed by atoms with E-state index in [1.54, 1.807) is 6.07 Å². The van der Waals surface area contributed by atoms with E-state index in [1.165, 1.54) is 12.8 Å². The van der Waals surface area contributed by atoms with Crippen molar-refractivity contribution in [2.75, 3.05) is 66.3 Å². The number of hydrogen-bond donors (Lipinski definition) is 2.